The lowest BCUT2D eigenvalue weighted by Gasteiger charge is -2.07. The van der Waals surface area contributed by atoms with E-state index >= 15 is 0 Å². The molecule has 5 heteroatoms. The molecule has 0 bridgehead atoms. The summed E-state index contributed by atoms with van der Waals surface area (Å²) in [5.41, 5.74) is 6.73. The van der Waals surface area contributed by atoms with Gasteiger partial charge in [-0.05, 0) is 12.1 Å². The zero-order chi connectivity index (χ0) is 11.4. The number of hydrogen-bond donors (Lipinski definition) is 1. The van der Waals surface area contributed by atoms with Crippen molar-refractivity contribution < 1.29 is 9.53 Å². The number of benzene rings is 1. The highest BCUT2D eigenvalue weighted by atomic mass is 35.5. The van der Waals surface area contributed by atoms with Gasteiger partial charge in [-0.15, -0.1) is 0 Å². The van der Waals surface area contributed by atoms with Crippen LogP contribution in [0.1, 0.15) is 11.1 Å². The first kappa shape index (κ1) is 11.3. The molecule has 0 aliphatic heterocycles. The Balaban J connectivity index is 3.17. The molecule has 0 aliphatic rings. The van der Waals surface area contributed by atoms with Gasteiger partial charge in [-0.2, -0.15) is 5.26 Å². The maximum Gasteiger partial charge on any atom is 0.310 e. The molecule has 0 fully saturated rings. The fourth-order valence-corrected chi connectivity index (χ4v) is 1.40. The zero-order valence-corrected chi connectivity index (χ0v) is 8.84. The molecule has 1 rings (SSSR count). The van der Waals surface area contributed by atoms with Crippen molar-refractivity contribution in [3.8, 4) is 6.07 Å². The fourth-order valence-electron chi connectivity index (χ4n) is 1.17. The SMILES string of the molecule is COC(=O)Cc1c(N)cc(Cl)cc1C#N. The number of nitriles is 1. The monoisotopic (exact) mass is 224 g/mol. The summed E-state index contributed by atoms with van der Waals surface area (Å²) in [5.74, 6) is -0.444. The Morgan fingerprint density at radius 1 is 1.67 bits per heavy atom. The maximum absolute atomic E-state index is 11.1. The van der Waals surface area contributed by atoms with Crippen LogP contribution in [0.4, 0.5) is 5.69 Å². The normalized spacial score (nSPS) is 9.40. The van der Waals surface area contributed by atoms with Crippen LogP contribution in [0, 0.1) is 11.3 Å². The van der Waals surface area contributed by atoms with Gasteiger partial charge in [0.1, 0.15) is 0 Å². The predicted molar refractivity (Wildman–Crippen MR) is 56.3 cm³/mol. The minimum Gasteiger partial charge on any atom is -0.469 e. The van der Waals surface area contributed by atoms with Gasteiger partial charge >= 0.3 is 5.97 Å². The molecule has 4 nitrogen and oxygen atoms in total. The van der Waals surface area contributed by atoms with Crippen LogP contribution in [0.15, 0.2) is 12.1 Å². The third-order valence-electron chi connectivity index (χ3n) is 1.92. The number of nitrogens with two attached hydrogens (primary N) is 1. The molecule has 0 radical (unpaired) electrons. The van der Waals surface area contributed by atoms with Crippen LogP contribution in [0.25, 0.3) is 0 Å². The van der Waals surface area contributed by atoms with E-state index in [-0.39, 0.29) is 6.42 Å². The average Bonchev–Trinajstić information content (AvgIpc) is 2.21. The molecule has 0 unspecified atom stereocenters. The molecule has 0 amide bonds. The van der Waals surface area contributed by atoms with E-state index in [4.69, 9.17) is 22.6 Å². The van der Waals surface area contributed by atoms with Gasteiger partial charge in [0.25, 0.3) is 0 Å². The highest BCUT2D eigenvalue weighted by molar-refractivity contribution is 6.31. The summed E-state index contributed by atoms with van der Waals surface area (Å²) in [6, 6.07) is 4.90. The zero-order valence-electron chi connectivity index (χ0n) is 8.08. The van der Waals surface area contributed by atoms with E-state index in [9.17, 15) is 4.79 Å². The fraction of sp³-hybridized carbons (Fsp3) is 0.200. The number of rotatable bonds is 2. The Kier molecular flexibility index (Phi) is 3.53. The van der Waals surface area contributed by atoms with Crippen LogP contribution in [0.3, 0.4) is 0 Å². The molecule has 0 spiro atoms. The Labute approximate surface area is 92.2 Å². The van der Waals surface area contributed by atoms with Gasteiger partial charge in [-0.3, -0.25) is 4.79 Å². The molecule has 0 saturated heterocycles. The van der Waals surface area contributed by atoms with E-state index in [2.05, 4.69) is 4.74 Å². The molecule has 78 valence electrons. The van der Waals surface area contributed by atoms with E-state index in [1.807, 2.05) is 6.07 Å². The van der Waals surface area contributed by atoms with Crippen LogP contribution in [0.2, 0.25) is 5.02 Å². The van der Waals surface area contributed by atoms with E-state index in [1.54, 1.807) is 0 Å². The maximum atomic E-state index is 11.1. The van der Waals surface area contributed by atoms with Crippen LogP contribution >= 0.6 is 11.6 Å². The largest absolute Gasteiger partial charge is 0.469 e. The highest BCUT2D eigenvalue weighted by Crippen LogP contribution is 2.23. The standard InChI is InChI=1S/C10H9ClN2O2/c1-15-10(14)4-8-6(5-12)2-7(11)3-9(8)13/h2-3H,4,13H2,1H3. The van der Waals surface area contributed by atoms with Crippen LogP contribution in [-0.4, -0.2) is 13.1 Å². The number of carbonyl (C=O) groups excluding carboxylic acids is 1. The van der Waals surface area contributed by atoms with Gasteiger partial charge < -0.3 is 10.5 Å². The van der Waals surface area contributed by atoms with Crippen molar-refractivity contribution in [1.82, 2.24) is 0 Å². The number of ether oxygens (including phenoxy) is 1. The lowest BCUT2D eigenvalue weighted by molar-refractivity contribution is -0.139. The minimum absolute atomic E-state index is 0.0254. The predicted octanol–water partition coefficient (Wildman–Crippen LogP) is 1.51. The first-order valence-corrected chi connectivity index (χ1v) is 4.51. The molecule has 1 aromatic carbocycles. The van der Waals surface area contributed by atoms with Gasteiger partial charge in [0.05, 0.1) is 25.2 Å². The topological polar surface area (TPSA) is 76.1 Å². The minimum atomic E-state index is -0.444. The van der Waals surface area contributed by atoms with Crippen molar-refractivity contribution in [2.24, 2.45) is 0 Å². The summed E-state index contributed by atoms with van der Waals surface area (Å²) in [5, 5.41) is 9.21. The molecule has 0 aliphatic carbocycles. The smallest absolute Gasteiger partial charge is 0.310 e. The molecule has 0 aromatic heterocycles. The number of halogens is 1. The Morgan fingerprint density at radius 3 is 2.87 bits per heavy atom. The van der Waals surface area contributed by atoms with Gasteiger partial charge in [0, 0.05) is 16.3 Å². The van der Waals surface area contributed by atoms with Crippen molar-refractivity contribution in [3.63, 3.8) is 0 Å². The second-order valence-corrected chi connectivity index (χ2v) is 3.32. The number of anilines is 1. The van der Waals surface area contributed by atoms with Gasteiger partial charge in [-0.1, -0.05) is 11.6 Å². The summed E-state index contributed by atoms with van der Waals surface area (Å²) in [6.07, 6.45) is -0.0254. The van der Waals surface area contributed by atoms with Crippen molar-refractivity contribution in [1.29, 1.82) is 5.26 Å². The number of carbonyl (C=O) groups is 1. The second-order valence-electron chi connectivity index (χ2n) is 2.89. The number of nitrogen functional groups attached to an aromatic ring is 1. The average molecular weight is 225 g/mol. The number of nitrogens with zero attached hydrogens (tertiary/aromatic N) is 1. The molecular formula is C10H9ClN2O2. The van der Waals surface area contributed by atoms with E-state index < -0.39 is 5.97 Å². The first-order valence-electron chi connectivity index (χ1n) is 4.13. The summed E-state index contributed by atoms with van der Waals surface area (Å²) < 4.78 is 4.50. The van der Waals surface area contributed by atoms with Crippen LogP contribution in [0.5, 0.6) is 0 Å². The number of esters is 1. The quantitative estimate of drug-likeness (QED) is 0.610. The first-order chi connectivity index (χ1) is 7.08. The van der Waals surface area contributed by atoms with E-state index in [0.717, 1.165) is 0 Å². The van der Waals surface area contributed by atoms with Crippen molar-refractivity contribution in [3.05, 3.63) is 28.3 Å². The Morgan fingerprint density at radius 2 is 2.33 bits per heavy atom. The summed E-state index contributed by atoms with van der Waals surface area (Å²) >= 11 is 5.72. The molecule has 0 saturated carbocycles. The third kappa shape index (κ3) is 2.61. The second kappa shape index (κ2) is 4.67. The lowest BCUT2D eigenvalue weighted by Crippen LogP contribution is -2.08. The molecule has 1 aromatic rings. The molecule has 0 heterocycles. The third-order valence-corrected chi connectivity index (χ3v) is 2.14. The molecule has 2 N–H and O–H groups in total. The Bertz CT molecular complexity index is 438. The van der Waals surface area contributed by atoms with E-state index in [0.29, 0.717) is 21.8 Å². The van der Waals surface area contributed by atoms with Crippen LogP contribution in [-0.2, 0) is 16.0 Å². The van der Waals surface area contributed by atoms with Crippen molar-refractivity contribution in [2.75, 3.05) is 12.8 Å². The highest BCUT2D eigenvalue weighted by Gasteiger charge is 2.12. The number of hydrogen-bond acceptors (Lipinski definition) is 4. The molecule has 0 atom stereocenters. The van der Waals surface area contributed by atoms with Gasteiger partial charge in [0.2, 0.25) is 0 Å². The molecule has 15 heavy (non-hydrogen) atoms. The summed E-state index contributed by atoms with van der Waals surface area (Å²) in [6.45, 7) is 0. The van der Waals surface area contributed by atoms with Crippen LogP contribution < -0.4 is 5.73 Å². The van der Waals surface area contributed by atoms with Crippen molar-refractivity contribution in [2.45, 2.75) is 6.42 Å². The van der Waals surface area contributed by atoms with Crippen molar-refractivity contribution >= 4 is 23.3 Å². The Hall–Kier alpha value is -1.73. The van der Waals surface area contributed by atoms with E-state index in [1.165, 1.54) is 19.2 Å². The lowest BCUT2D eigenvalue weighted by atomic mass is 10.0. The van der Waals surface area contributed by atoms with Gasteiger partial charge in [0.15, 0.2) is 0 Å². The summed E-state index contributed by atoms with van der Waals surface area (Å²) in [4.78, 5) is 11.1. The molecular weight excluding hydrogens is 216 g/mol. The van der Waals surface area contributed by atoms with Gasteiger partial charge in [-0.25, -0.2) is 0 Å². The number of methoxy groups -OCH3 is 1. The summed E-state index contributed by atoms with van der Waals surface area (Å²) in [7, 11) is 1.28.